The van der Waals surface area contributed by atoms with E-state index in [4.69, 9.17) is 5.10 Å². The van der Waals surface area contributed by atoms with Crippen molar-refractivity contribution in [3.8, 4) is 17.1 Å². The lowest BCUT2D eigenvalue weighted by molar-refractivity contribution is -0.138. The minimum Gasteiger partial charge on any atom is -0.268 e. The Kier molecular flexibility index (Phi) is 5.69. The monoisotopic (exact) mass is 481 g/mol. The van der Waals surface area contributed by atoms with Crippen LogP contribution in [0.25, 0.3) is 17.1 Å². The van der Waals surface area contributed by atoms with E-state index in [9.17, 15) is 13.2 Å². The summed E-state index contributed by atoms with van der Waals surface area (Å²) in [5.41, 5.74) is 4.73. The Morgan fingerprint density at radius 1 is 1.00 bits per heavy atom. The second kappa shape index (κ2) is 8.58. The van der Waals surface area contributed by atoms with Gasteiger partial charge in [0.2, 0.25) is 0 Å². The molecule has 0 aromatic carbocycles. The lowest BCUT2D eigenvalue weighted by Gasteiger charge is -2.10. The van der Waals surface area contributed by atoms with Gasteiger partial charge in [0.1, 0.15) is 6.33 Å². The van der Waals surface area contributed by atoms with E-state index in [2.05, 4.69) is 24.7 Å². The topological polar surface area (TPSA) is 74.3 Å². The van der Waals surface area contributed by atoms with Crippen LogP contribution in [-0.4, -0.2) is 34.5 Å². The minimum absolute atomic E-state index is 0.00348. The van der Waals surface area contributed by atoms with Crippen LogP contribution in [0.1, 0.15) is 52.4 Å². The predicted molar refractivity (Wildman–Crippen MR) is 124 cm³/mol. The molecule has 0 bridgehead atoms. The van der Waals surface area contributed by atoms with E-state index in [0.29, 0.717) is 23.9 Å². The fraction of sp³-hybridized carbons (Fsp3) is 0.400. The van der Waals surface area contributed by atoms with E-state index in [-0.39, 0.29) is 11.4 Å². The first-order valence-corrected chi connectivity index (χ1v) is 11.6. The zero-order valence-electron chi connectivity index (χ0n) is 20.1. The van der Waals surface area contributed by atoms with Crippen molar-refractivity contribution in [1.82, 2.24) is 34.5 Å². The van der Waals surface area contributed by atoms with Crippen molar-refractivity contribution >= 4 is 0 Å². The molecule has 4 heterocycles. The molecule has 10 heteroatoms. The van der Waals surface area contributed by atoms with Gasteiger partial charge in [0.05, 0.1) is 28.3 Å². The number of alkyl halides is 3. The second-order valence-electron chi connectivity index (χ2n) is 9.23. The molecule has 0 spiro atoms. The van der Waals surface area contributed by atoms with Gasteiger partial charge in [-0.1, -0.05) is 0 Å². The second-order valence-corrected chi connectivity index (χ2v) is 9.23. The highest BCUT2D eigenvalue weighted by Crippen LogP contribution is 2.35. The van der Waals surface area contributed by atoms with Crippen LogP contribution in [-0.2, 0) is 19.1 Å². The summed E-state index contributed by atoms with van der Waals surface area (Å²) in [4.78, 5) is 13.0. The van der Waals surface area contributed by atoms with E-state index < -0.39 is 11.7 Å². The van der Waals surface area contributed by atoms with E-state index >= 15 is 0 Å². The molecular formula is C25H26F3N7. The third-order valence-electron chi connectivity index (χ3n) is 6.48. The molecule has 4 aromatic rings. The number of nitrogens with zero attached hydrogens (tertiary/aromatic N) is 7. The maximum atomic E-state index is 13.5. The summed E-state index contributed by atoms with van der Waals surface area (Å²) in [6.07, 6.45) is 1.59. The molecule has 0 unspecified atom stereocenters. The van der Waals surface area contributed by atoms with Crippen LogP contribution in [0.5, 0.6) is 0 Å². The van der Waals surface area contributed by atoms with Gasteiger partial charge in [-0.15, -0.1) is 0 Å². The van der Waals surface area contributed by atoms with Gasteiger partial charge in [0.25, 0.3) is 0 Å². The maximum Gasteiger partial charge on any atom is 0.419 e. The number of hydrogen-bond donors (Lipinski definition) is 0. The Hall–Kier alpha value is -3.56. The van der Waals surface area contributed by atoms with Crippen molar-refractivity contribution in [2.24, 2.45) is 5.92 Å². The Morgan fingerprint density at radius 2 is 1.77 bits per heavy atom. The summed E-state index contributed by atoms with van der Waals surface area (Å²) in [5, 5.41) is 9.02. The zero-order chi connectivity index (χ0) is 24.9. The highest BCUT2D eigenvalue weighted by atomic mass is 19.4. The van der Waals surface area contributed by atoms with Gasteiger partial charge >= 0.3 is 6.18 Å². The summed E-state index contributed by atoms with van der Waals surface area (Å²) in [6.45, 7) is 7.58. The van der Waals surface area contributed by atoms with Crippen LogP contribution in [0.2, 0.25) is 0 Å². The molecule has 1 fully saturated rings. The first kappa shape index (κ1) is 23.2. The predicted octanol–water partition coefficient (Wildman–Crippen LogP) is 5.17. The third-order valence-corrected chi connectivity index (χ3v) is 6.48. The Labute approximate surface area is 201 Å². The molecule has 1 saturated carbocycles. The summed E-state index contributed by atoms with van der Waals surface area (Å²) in [7, 11) is 0. The van der Waals surface area contributed by atoms with Crippen molar-refractivity contribution in [2.75, 3.05) is 0 Å². The van der Waals surface area contributed by atoms with Crippen molar-refractivity contribution in [3.05, 3.63) is 70.3 Å². The summed E-state index contributed by atoms with van der Waals surface area (Å²) in [5.74, 6) is 0.925. The molecule has 0 atom stereocenters. The number of aryl methyl sites for hydroxylation is 2. The largest absolute Gasteiger partial charge is 0.419 e. The van der Waals surface area contributed by atoms with Crippen LogP contribution in [0.15, 0.2) is 30.7 Å². The van der Waals surface area contributed by atoms with Gasteiger partial charge in [-0.25, -0.2) is 14.6 Å². The fourth-order valence-electron chi connectivity index (χ4n) is 4.43. The molecule has 35 heavy (non-hydrogen) atoms. The van der Waals surface area contributed by atoms with Crippen LogP contribution in [0.3, 0.4) is 0 Å². The quantitative estimate of drug-likeness (QED) is 0.380. The van der Waals surface area contributed by atoms with Crippen LogP contribution in [0.4, 0.5) is 13.2 Å². The average Bonchev–Trinajstić information content (AvgIpc) is 3.49. The van der Waals surface area contributed by atoms with Crippen molar-refractivity contribution in [2.45, 2.75) is 59.7 Å². The number of pyridine rings is 1. The number of halogens is 3. The fourth-order valence-corrected chi connectivity index (χ4v) is 4.43. The Bertz CT molecular complexity index is 1380. The third kappa shape index (κ3) is 4.56. The van der Waals surface area contributed by atoms with Crippen molar-refractivity contribution in [1.29, 1.82) is 0 Å². The smallest absolute Gasteiger partial charge is 0.268 e. The molecule has 0 radical (unpaired) electrons. The van der Waals surface area contributed by atoms with E-state index in [0.717, 1.165) is 34.8 Å². The summed E-state index contributed by atoms with van der Waals surface area (Å²) in [6, 6.07) is 5.68. The molecule has 4 aromatic heterocycles. The average molecular weight is 482 g/mol. The van der Waals surface area contributed by atoms with E-state index in [1.54, 1.807) is 6.07 Å². The van der Waals surface area contributed by atoms with E-state index in [1.165, 1.54) is 37.7 Å². The summed E-state index contributed by atoms with van der Waals surface area (Å²) >= 11 is 0. The molecule has 1 aliphatic carbocycles. The molecule has 5 rings (SSSR count). The molecule has 1 aliphatic rings. The van der Waals surface area contributed by atoms with Crippen molar-refractivity contribution < 1.29 is 13.2 Å². The number of rotatable bonds is 6. The van der Waals surface area contributed by atoms with E-state index in [1.807, 2.05) is 32.2 Å². The standard InChI is InChI=1S/C25H26F3N7/c1-14-5-8-19(11-29-14)24-15(2)21(34(33-24)12-18-6-7-18)9-20-10-22(31-13-30-20)35-17(4)23(16(3)32-35)25(26,27)28/h5,8,10-11,13,18H,6-7,9,12H2,1-4H3. The molecule has 0 saturated heterocycles. The molecule has 7 nitrogen and oxygen atoms in total. The molecule has 0 N–H and O–H groups in total. The lowest BCUT2D eigenvalue weighted by atomic mass is 10.1. The van der Waals surface area contributed by atoms with Gasteiger partial charge in [-0.3, -0.25) is 9.67 Å². The first-order chi connectivity index (χ1) is 16.6. The molecular weight excluding hydrogens is 455 g/mol. The van der Waals surface area contributed by atoms with Crippen molar-refractivity contribution in [3.63, 3.8) is 0 Å². The van der Waals surface area contributed by atoms with Crippen LogP contribution >= 0.6 is 0 Å². The maximum absolute atomic E-state index is 13.5. The minimum atomic E-state index is -4.48. The molecule has 0 aliphatic heterocycles. The van der Waals surface area contributed by atoms with Gasteiger partial charge in [0.15, 0.2) is 5.82 Å². The Morgan fingerprint density at radius 3 is 2.40 bits per heavy atom. The highest BCUT2D eigenvalue weighted by Gasteiger charge is 2.37. The highest BCUT2D eigenvalue weighted by molar-refractivity contribution is 5.63. The molecule has 0 amide bonds. The first-order valence-electron chi connectivity index (χ1n) is 11.6. The van der Waals surface area contributed by atoms with Gasteiger partial charge in [-0.05, 0) is 64.2 Å². The van der Waals surface area contributed by atoms with Gasteiger partial charge < -0.3 is 0 Å². The molecule has 182 valence electrons. The zero-order valence-corrected chi connectivity index (χ0v) is 20.1. The van der Waals surface area contributed by atoms with Gasteiger partial charge in [0, 0.05) is 42.2 Å². The normalized spacial score (nSPS) is 14.0. The number of aromatic nitrogens is 7. The lowest BCUT2D eigenvalue weighted by Crippen LogP contribution is -2.10. The Balaban J connectivity index is 1.51. The summed E-state index contributed by atoms with van der Waals surface area (Å²) < 4.78 is 43.7. The number of hydrogen-bond acceptors (Lipinski definition) is 5. The van der Waals surface area contributed by atoms with Crippen LogP contribution in [0, 0.1) is 33.6 Å². The SMILES string of the molecule is Cc1ccc(-c2nn(CC3CC3)c(Cc3cc(-n4nc(C)c(C(F)(F)F)c4C)ncn3)c2C)cn1. The van der Waals surface area contributed by atoms with Crippen LogP contribution < -0.4 is 0 Å². The van der Waals surface area contributed by atoms with Gasteiger partial charge in [-0.2, -0.15) is 23.4 Å².